The Morgan fingerprint density at radius 1 is 1.33 bits per heavy atom. The molecule has 0 saturated carbocycles. The first-order valence-corrected chi connectivity index (χ1v) is 6.98. The van der Waals surface area contributed by atoms with Crippen molar-refractivity contribution in [3.05, 3.63) is 11.9 Å². The van der Waals surface area contributed by atoms with Gasteiger partial charge in [-0.15, -0.1) is 0 Å². The van der Waals surface area contributed by atoms with E-state index in [1.54, 1.807) is 13.1 Å². The third-order valence-electron chi connectivity index (χ3n) is 3.72. The smallest absolute Gasteiger partial charge is 0.373 e. The molecule has 1 saturated heterocycles. The third-order valence-corrected chi connectivity index (χ3v) is 3.72. The SMILES string of the molecule is CCN1CCN(c2cc(NC)nc(C(F)(F)F)n2)CC1C. The van der Waals surface area contributed by atoms with Crippen LogP contribution in [0.4, 0.5) is 24.8 Å². The molecule has 21 heavy (non-hydrogen) atoms. The first kappa shape index (κ1) is 15.8. The molecule has 1 aliphatic heterocycles. The highest BCUT2D eigenvalue weighted by molar-refractivity contribution is 5.50. The van der Waals surface area contributed by atoms with Gasteiger partial charge in [-0.1, -0.05) is 6.92 Å². The number of alkyl halides is 3. The number of hydrogen-bond acceptors (Lipinski definition) is 5. The van der Waals surface area contributed by atoms with Crippen molar-refractivity contribution in [3.63, 3.8) is 0 Å². The van der Waals surface area contributed by atoms with Crippen LogP contribution in [0.15, 0.2) is 6.07 Å². The predicted molar refractivity (Wildman–Crippen MR) is 75.5 cm³/mol. The molecule has 1 aromatic rings. The minimum atomic E-state index is -4.54. The molecule has 1 aliphatic rings. The summed E-state index contributed by atoms with van der Waals surface area (Å²) in [7, 11) is 1.55. The first-order valence-electron chi connectivity index (χ1n) is 6.98. The maximum Gasteiger partial charge on any atom is 0.451 e. The van der Waals surface area contributed by atoms with Gasteiger partial charge in [-0.3, -0.25) is 4.90 Å². The lowest BCUT2D eigenvalue weighted by Crippen LogP contribution is -2.52. The van der Waals surface area contributed by atoms with Crippen LogP contribution in [0.2, 0.25) is 0 Å². The molecule has 0 aliphatic carbocycles. The van der Waals surface area contributed by atoms with Crippen molar-refractivity contribution in [2.45, 2.75) is 26.1 Å². The molecule has 0 amide bonds. The molecule has 118 valence electrons. The largest absolute Gasteiger partial charge is 0.451 e. The summed E-state index contributed by atoms with van der Waals surface area (Å²) < 4.78 is 38.6. The van der Waals surface area contributed by atoms with Crippen LogP contribution in [0.3, 0.4) is 0 Å². The van der Waals surface area contributed by atoms with E-state index >= 15 is 0 Å². The summed E-state index contributed by atoms with van der Waals surface area (Å²) in [6.07, 6.45) is -4.54. The number of anilines is 2. The highest BCUT2D eigenvalue weighted by Gasteiger charge is 2.36. The van der Waals surface area contributed by atoms with Gasteiger partial charge in [0, 0.05) is 38.8 Å². The average molecular weight is 303 g/mol. The highest BCUT2D eigenvalue weighted by atomic mass is 19.4. The van der Waals surface area contributed by atoms with Crippen molar-refractivity contribution in [1.29, 1.82) is 0 Å². The lowest BCUT2D eigenvalue weighted by atomic mass is 10.2. The van der Waals surface area contributed by atoms with Crippen LogP contribution >= 0.6 is 0 Å². The molecule has 0 radical (unpaired) electrons. The van der Waals surface area contributed by atoms with Crippen LogP contribution in [0, 0.1) is 0 Å². The van der Waals surface area contributed by atoms with E-state index in [0.717, 1.165) is 13.1 Å². The van der Waals surface area contributed by atoms with E-state index in [0.29, 0.717) is 18.9 Å². The summed E-state index contributed by atoms with van der Waals surface area (Å²) >= 11 is 0. The molecule has 0 bridgehead atoms. The van der Waals surface area contributed by atoms with Gasteiger partial charge in [0.05, 0.1) is 0 Å². The molecule has 1 fully saturated rings. The summed E-state index contributed by atoms with van der Waals surface area (Å²) in [4.78, 5) is 11.4. The predicted octanol–water partition coefficient (Wildman–Crippen LogP) is 2.07. The number of rotatable bonds is 3. The third kappa shape index (κ3) is 3.55. The summed E-state index contributed by atoms with van der Waals surface area (Å²) in [6.45, 7) is 7.23. The quantitative estimate of drug-likeness (QED) is 0.926. The van der Waals surface area contributed by atoms with E-state index in [4.69, 9.17) is 0 Å². The van der Waals surface area contributed by atoms with Crippen LogP contribution in [0.25, 0.3) is 0 Å². The summed E-state index contributed by atoms with van der Waals surface area (Å²) in [6, 6.07) is 1.84. The van der Waals surface area contributed by atoms with Gasteiger partial charge in [0.25, 0.3) is 0 Å². The molecule has 5 nitrogen and oxygen atoms in total. The summed E-state index contributed by atoms with van der Waals surface area (Å²) in [5, 5.41) is 2.66. The standard InChI is InChI=1S/C13H20F3N5/c1-4-20-5-6-21(8-9(20)2)11-7-10(17-3)18-12(19-11)13(14,15)16/h7,9H,4-6,8H2,1-3H3,(H,17,18,19). The van der Waals surface area contributed by atoms with Gasteiger partial charge in [0.2, 0.25) is 5.82 Å². The van der Waals surface area contributed by atoms with Crippen molar-refractivity contribution < 1.29 is 13.2 Å². The molecular weight excluding hydrogens is 283 g/mol. The minimum absolute atomic E-state index is 0.179. The molecule has 0 aromatic carbocycles. The van der Waals surface area contributed by atoms with Crippen LogP contribution in [-0.4, -0.2) is 54.1 Å². The lowest BCUT2D eigenvalue weighted by molar-refractivity contribution is -0.144. The fraction of sp³-hybridized carbons (Fsp3) is 0.692. The normalized spacial score (nSPS) is 20.7. The Kier molecular flexibility index (Phi) is 4.55. The number of piperazine rings is 1. The van der Waals surface area contributed by atoms with Crippen LogP contribution in [0.1, 0.15) is 19.7 Å². The highest BCUT2D eigenvalue weighted by Crippen LogP contribution is 2.29. The molecule has 1 unspecified atom stereocenters. The second-order valence-corrected chi connectivity index (χ2v) is 5.11. The zero-order valence-corrected chi connectivity index (χ0v) is 12.4. The Hall–Kier alpha value is -1.57. The van der Waals surface area contributed by atoms with Gasteiger partial charge in [0.1, 0.15) is 11.6 Å². The maximum atomic E-state index is 12.9. The van der Waals surface area contributed by atoms with E-state index < -0.39 is 12.0 Å². The van der Waals surface area contributed by atoms with Crippen molar-refractivity contribution in [1.82, 2.24) is 14.9 Å². The topological polar surface area (TPSA) is 44.3 Å². The lowest BCUT2D eigenvalue weighted by Gasteiger charge is -2.40. The van der Waals surface area contributed by atoms with Gasteiger partial charge >= 0.3 is 6.18 Å². The molecule has 0 spiro atoms. The van der Waals surface area contributed by atoms with E-state index in [2.05, 4.69) is 34.0 Å². The van der Waals surface area contributed by atoms with E-state index in [-0.39, 0.29) is 11.9 Å². The Morgan fingerprint density at radius 2 is 2.05 bits per heavy atom. The Morgan fingerprint density at radius 3 is 2.57 bits per heavy atom. The average Bonchev–Trinajstić information content (AvgIpc) is 2.45. The molecule has 1 atom stereocenters. The van der Waals surface area contributed by atoms with E-state index in [1.807, 2.05) is 4.90 Å². The number of nitrogens with one attached hydrogen (secondary N) is 1. The number of halogens is 3. The Balaban J connectivity index is 2.27. The summed E-state index contributed by atoms with van der Waals surface area (Å²) in [5.41, 5.74) is 0. The molecule has 1 aromatic heterocycles. The zero-order chi connectivity index (χ0) is 15.6. The maximum absolute atomic E-state index is 12.9. The van der Waals surface area contributed by atoms with Crippen LogP contribution in [0.5, 0.6) is 0 Å². The number of likely N-dealkylation sites (N-methyl/N-ethyl adjacent to an activating group) is 1. The number of nitrogens with zero attached hydrogens (tertiary/aromatic N) is 4. The van der Waals surface area contributed by atoms with Crippen molar-refractivity contribution in [2.24, 2.45) is 0 Å². The van der Waals surface area contributed by atoms with Crippen LogP contribution in [-0.2, 0) is 6.18 Å². The molecule has 1 N–H and O–H groups in total. The van der Waals surface area contributed by atoms with Crippen molar-refractivity contribution in [2.75, 3.05) is 43.4 Å². The fourth-order valence-electron chi connectivity index (χ4n) is 2.52. The van der Waals surface area contributed by atoms with E-state index in [1.165, 1.54) is 0 Å². The monoisotopic (exact) mass is 303 g/mol. The fourth-order valence-corrected chi connectivity index (χ4v) is 2.52. The van der Waals surface area contributed by atoms with Crippen LogP contribution < -0.4 is 10.2 Å². The number of hydrogen-bond donors (Lipinski definition) is 1. The van der Waals surface area contributed by atoms with Gasteiger partial charge in [-0.25, -0.2) is 9.97 Å². The Labute approximate surface area is 122 Å². The van der Waals surface area contributed by atoms with Gasteiger partial charge in [-0.2, -0.15) is 13.2 Å². The van der Waals surface area contributed by atoms with Gasteiger partial charge < -0.3 is 10.2 Å². The first-order chi connectivity index (χ1) is 9.85. The van der Waals surface area contributed by atoms with Crippen molar-refractivity contribution >= 4 is 11.6 Å². The van der Waals surface area contributed by atoms with Crippen molar-refractivity contribution in [3.8, 4) is 0 Å². The van der Waals surface area contributed by atoms with E-state index in [9.17, 15) is 13.2 Å². The molecule has 2 rings (SSSR count). The zero-order valence-electron chi connectivity index (χ0n) is 12.4. The second-order valence-electron chi connectivity index (χ2n) is 5.11. The van der Waals surface area contributed by atoms with Gasteiger partial charge in [0.15, 0.2) is 0 Å². The Bertz CT molecular complexity index is 491. The second kappa shape index (κ2) is 6.05. The summed E-state index contributed by atoms with van der Waals surface area (Å²) in [5.74, 6) is -0.600. The molecule has 8 heteroatoms. The molecule has 2 heterocycles. The minimum Gasteiger partial charge on any atom is -0.373 e. The van der Waals surface area contributed by atoms with Gasteiger partial charge in [-0.05, 0) is 13.5 Å². The molecular formula is C13H20F3N5. The number of aromatic nitrogens is 2.